The maximum atomic E-state index is 13.6. The number of rotatable bonds is 7. The average Bonchev–Trinajstić information content (AvgIpc) is 3.54. The molecule has 228 valence electrons. The van der Waals surface area contributed by atoms with Crippen molar-refractivity contribution in [3.05, 3.63) is 78.6 Å². The number of halogens is 3. The number of amides is 4. The topological polar surface area (TPSA) is 102 Å². The Morgan fingerprint density at radius 2 is 1.67 bits per heavy atom. The van der Waals surface area contributed by atoms with Crippen molar-refractivity contribution in [2.45, 2.75) is 25.4 Å². The quantitative estimate of drug-likeness (QED) is 0.467. The van der Waals surface area contributed by atoms with Gasteiger partial charge in [-0.3, -0.25) is 19.2 Å². The SMILES string of the molecule is CN1CCN(C(=O)[C@H](CNC(=O)C2=CCCS2)NC(=O)c2c(Cl)cc3c(c2Cl)CCN(C(=O)c2ccc(Cl)cc2)C3)CC1. The monoisotopic (exact) mass is 663 g/mol. The van der Waals surface area contributed by atoms with Gasteiger partial charge in [-0.2, -0.15) is 0 Å². The molecule has 0 saturated carbocycles. The van der Waals surface area contributed by atoms with E-state index in [-0.39, 0.29) is 46.4 Å². The van der Waals surface area contributed by atoms with Crippen LogP contribution in [-0.2, 0) is 22.6 Å². The number of fused-ring (bicyclic) bond motifs is 1. The van der Waals surface area contributed by atoms with E-state index >= 15 is 0 Å². The van der Waals surface area contributed by atoms with Crippen molar-refractivity contribution in [2.75, 3.05) is 52.1 Å². The minimum absolute atomic E-state index is 0.0659. The number of benzene rings is 2. The molecule has 0 aliphatic carbocycles. The molecule has 0 unspecified atom stereocenters. The summed E-state index contributed by atoms with van der Waals surface area (Å²) in [6, 6.07) is 7.34. The number of allylic oxidation sites excluding steroid dienone is 1. The standard InChI is InChI=1S/C30H32Cl3N5O4S/c1-36-10-12-37(13-11-36)30(42)23(16-34-27(39)24-3-2-14-43-24)35-28(40)25-22(32)15-19-17-38(9-8-21(19)26(25)33)29(41)18-4-6-20(31)7-5-18/h3-7,15,23H,2,8-14,16-17H2,1H3,(H,34,39)(H,35,40)/t23-/m0/s1. The summed E-state index contributed by atoms with van der Waals surface area (Å²) in [6.07, 6.45) is 3.11. The third kappa shape index (κ3) is 7.32. The molecule has 4 amide bonds. The Hall–Kier alpha value is -2.76. The van der Waals surface area contributed by atoms with Gasteiger partial charge in [-0.1, -0.05) is 40.9 Å². The lowest BCUT2D eigenvalue weighted by Gasteiger charge is -2.35. The molecule has 1 saturated heterocycles. The van der Waals surface area contributed by atoms with E-state index < -0.39 is 11.9 Å². The van der Waals surface area contributed by atoms with E-state index in [0.717, 1.165) is 23.3 Å². The van der Waals surface area contributed by atoms with Gasteiger partial charge in [-0.15, -0.1) is 11.8 Å². The van der Waals surface area contributed by atoms with E-state index in [1.165, 1.54) is 11.8 Å². The Bertz CT molecular complexity index is 1460. The number of carbonyl (C=O) groups excluding carboxylic acids is 4. The van der Waals surface area contributed by atoms with E-state index in [4.69, 9.17) is 34.8 Å². The van der Waals surface area contributed by atoms with Gasteiger partial charge in [-0.05, 0) is 61.3 Å². The molecule has 43 heavy (non-hydrogen) atoms. The molecule has 1 atom stereocenters. The summed E-state index contributed by atoms with van der Waals surface area (Å²) in [5.41, 5.74) is 2.07. The molecule has 2 aromatic carbocycles. The fraction of sp³-hybridized carbons (Fsp3) is 0.400. The number of hydrogen-bond donors (Lipinski definition) is 2. The molecule has 0 spiro atoms. The van der Waals surface area contributed by atoms with E-state index in [2.05, 4.69) is 15.5 Å². The molecule has 3 aliphatic heterocycles. The summed E-state index contributed by atoms with van der Waals surface area (Å²) < 4.78 is 0. The molecule has 3 heterocycles. The van der Waals surface area contributed by atoms with Crippen LogP contribution in [0, 0.1) is 0 Å². The summed E-state index contributed by atoms with van der Waals surface area (Å²) in [5.74, 6) is -0.457. The molecular formula is C30H32Cl3N5O4S. The van der Waals surface area contributed by atoms with Crippen molar-refractivity contribution in [1.82, 2.24) is 25.3 Å². The highest BCUT2D eigenvalue weighted by Crippen LogP contribution is 2.35. The van der Waals surface area contributed by atoms with Crippen LogP contribution in [0.25, 0.3) is 0 Å². The van der Waals surface area contributed by atoms with Crippen LogP contribution in [0.15, 0.2) is 41.3 Å². The molecule has 0 radical (unpaired) electrons. The molecule has 0 aromatic heterocycles. The maximum Gasteiger partial charge on any atom is 0.257 e. The van der Waals surface area contributed by atoms with E-state index in [0.29, 0.717) is 54.6 Å². The van der Waals surface area contributed by atoms with Crippen LogP contribution in [0.3, 0.4) is 0 Å². The van der Waals surface area contributed by atoms with Crippen LogP contribution >= 0.6 is 46.6 Å². The lowest BCUT2D eigenvalue weighted by Crippen LogP contribution is -2.57. The smallest absolute Gasteiger partial charge is 0.257 e. The molecule has 2 N–H and O–H groups in total. The van der Waals surface area contributed by atoms with Crippen LogP contribution < -0.4 is 10.6 Å². The number of thioether (sulfide) groups is 1. The van der Waals surface area contributed by atoms with Gasteiger partial charge in [0.05, 0.1) is 20.5 Å². The number of piperazine rings is 1. The summed E-state index contributed by atoms with van der Waals surface area (Å²) >= 11 is 20.8. The zero-order valence-electron chi connectivity index (χ0n) is 23.6. The highest BCUT2D eigenvalue weighted by atomic mass is 35.5. The van der Waals surface area contributed by atoms with Crippen molar-refractivity contribution < 1.29 is 19.2 Å². The van der Waals surface area contributed by atoms with Gasteiger partial charge in [0.15, 0.2) is 0 Å². The lowest BCUT2D eigenvalue weighted by atomic mass is 9.96. The van der Waals surface area contributed by atoms with Crippen LogP contribution in [0.5, 0.6) is 0 Å². The highest BCUT2D eigenvalue weighted by molar-refractivity contribution is 8.04. The molecule has 3 aliphatic rings. The normalized spacial score (nSPS) is 17.6. The molecule has 0 bridgehead atoms. The molecule has 9 nitrogen and oxygen atoms in total. The Labute approximate surface area is 269 Å². The Morgan fingerprint density at radius 1 is 0.953 bits per heavy atom. The van der Waals surface area contributed by atoms with Crippen LogP contribution in [0.1, 0.15) is 38.3 Å². The fourth-order valence-corrected chi connectivity index (χ4v) is 7.13. The summed E-state index contributed by atoms with van der Waals surface area (Å²) in [6.45, 7) is 3.06. The summed E-state index contributed by atoms with van der Waals surface area (Å²) in [5, 5.41) is 6.47. The lowest BCUT2D eigenvalue weighted by molar-refractivity contribution is -0.134. The van der Waals surface area contributed by atoms with Crippen molar-refractivity contribution >= 4 is 70.2 Å². The molecule has 13 heteroatoms. The van der Waals surface area contributed by atoms with E-state index in [1.54, 1.807) is 40.1 Å². The first-order chi connectivity index (χ1) is 20.6. The van der Waals surface area contributed by atoms with Gasteiger partial charge in [0, 0.05) is 62.2 Å². The second-order valence-corrected chi connectivity index (χ2v) is 13.1. The van der Waals surface area contributed by atoms with Gasteiger partial charge in [0.25, 0.3) is 17.7 Å². The molecule has 2 aromatic rings. The summed E-state index contributed by atoms with van der Waals surface area (Å²) in [4.78, 5) is 59.1. The first kappa shape index (κ1) is 31.7. The third-order valence-corrected chi connectivity index (χ3v) is 9.89. The predicted octanol–water partition coefficient (Wildman–Crippen LogP) is 3.85. The third-order valence-electron chi connectivity index (χ3n) is 7.82. The van der Waals surface area contributed by atoms with Gasteiger partial charge < -0.3 is 25.3 Å². The molecule has 5 rings (SSSR count). The van der Waals surface area contributed by atoms with Crippen LogP contribution in [-0.4, -0.2) is 96.4 Å². The first-order valence-electron chi connectivity index (χ1n) is 14.1. The Kier molecular flexibility index (Phi) is 10.2. The number of nitrogens with zero attached hydrogens (tertiary/aromatic N) is 3. The van der Waals surface area contributed by atoms with Crippen molar-refractivity contribution in [1.29, 1.82) is 0 Å². The second-order valence-electron chi connectivity index (χ2n) is 10.7. The summed E-state index contributed by atoms with van der Waals surface area (Å²) in [7, 11) is 1.99. The van der Waals surface area contributed by atoms with Gasteiger partial charge >= 0.3 is 0 Å². The number of carbonyl (C=O) groups is 4. The molecule has 1 fully saturated rings. The van der Waals surface area contributed by atoms with Crippen LogP contribution in [0.2, 0.25) is 15.1 Å². The van der Waals surface area contributed by atoms with E-state index in [1.807, 2.05) is 13.1 Å². The van der Waals surface area contributed by atoms with Gasteiger partial charge in [0.2, 0.25) is 5.91 Å². The Balaban J connectivity index is 1.33. The second kappa shape index (κ2) is 13.9. The van der Waals surface area contributed by atoms with E-state index in [9.17, 15) is 19.2 Å². The molecular weight excluding hydrogens is 633 g/mol. The van der Waals surface area contributed by atoms with Crippen molar-refractivity contribution in [2.24, 2.45) is 0 Å². The predicted molar refractivity (Wildman–Crippen MR) is 170 cm³/mol. The van der Waals surface area contributed by atoms with Gasteiger partial charge in [-0.25, -0.2) is 0 Å². The average molecular weight is 665 g/mol. The number of nitrogens with one attached hydrogen (secondary N) is 2. The zero-order valence-corrected chi connectivity index (χ0v) is 26.7. The Morgan fingerprint density at radius 3 is 2.35 bits per heavy atom. The van der Waals surface area contributed by atoms with Crippen molar-refractivity contribution in [3.63, 3.8) is 0 Å². The number of hydrogen-bond acceptors (Lipinski definition) is 6. The largest absolute Gasteiger partial charge is 0.349 e. The zero-order chi connectivity index (χ0) is 30.7. The van der Waals surface area contributed by atoms with Crippen molar-refractivity contribution in [3.8, 4) is 0 Å². The van der Waals surface area contributed by atoms with Gasteiger partial charge in [0.1, 0.15) is 6.04 Å². The number of likely N-dealkylation sites (N-methyl/N-ethyl adjacent to an activating group) is 1. The maximum absolute atomic E-state index is 13.6. The minimum atomic E-state index is -1.01. The minimum Gasteiger partial charge on any atom is -0.349 e. The fourth-order valence-electron chi connectivity index (χ4n) is 5.34. The van der Waals surface area contributed by atoms with Crippen LogP contribution in [0.4, 0.5) is 0 Å². The highest BCUT2D eigenvalue weighted by Gasteiger charge is 2.32. The first-order valence-corrected chi connectivity index (χ1v) is 16.2.